The summed E-state index contributed by atoms with van der Waals surface area (Å²) in [7, 11) is 0. The molecule has 0 saturated carbocycles. The smallest absolute Gasteiger partial charge is 0.358 e. The molecule has 0 spiro atoms. The van der Waals surface area contributed by atoms with Crippen molar-refractivity contribution in [3.63, 3.8) is 0 Å². The van der Waals surface area contributed by atoms with E-state index in [1.807, 2.05) is 5.43 Å². The first-order chi connectivity index (χ1) is 9.64. The summed E-state index contributed by atoms with van der Waals surface area (Å²) in [5, 5.41) is 41.7. The molecule has 0 bridgehead atoms. The SMILES string of the molecule is O=[N+]([O-])c1ncn(NCC([N+](=O)[O-])([N+](=O)[O-])[N+](=O)[O-])c1Cl. The van der Waals surface area contributed by atoms with Gasteiger partial charge in [-0.1, -0.05) is 11.6 Å². The zero-order valence-electron chi connectivity index (χ0n) is 9.61. The van der Waals surface area contributed by atoms with Crippen molar-refractivity contribution < 1.29 is 19.7 Å². The summed E-state index contributed by atoms with van der Waals surface area (Å²) in [6.45, 7) is -1.42. The van der Waals surface area contributed by atoms with Gasteiger partial charge < -0.3 is 10.1 Å². The van der Waals surface area contributed by atoms with Crippen molar-refractivity contribution in [2.75, 3.05) is 12.0 Å². The minimum atomic E-state index is -3.78. The van der Waals surface area contributed by atoms with E-state index in [0.717, 1.165) is 0 Å². The predicted octanol–water partition coefficient (Wildman–Crippen LogP) is -0.528. The molecule has 0 atom stereocenters. The molecule has 1 N–H and O–H groups in total. The van der Waals surface area contributed by atoms with E-state index in [2.05, 4.69) is 4.98 Å². The Bertz CT molecular complexity index is 590. The maximum absolute atomic E-state index is 10.6. The highest BCUT2D eigenvalue weighted by atomic mass is 35.5. The van der Waals surface area contributed by atoms with Crippen LogP contribution in [0.15, 0.2) is 6.33 Å². The Labute approximate surface area is 117 Å². The highest BCUT2D eigenvalue weighted by molar-refractivity contribution is 6.31. The molecular weight excluding hydrogens is 322 g/mol. The summed E-state index contributed by atoms with van der Waals surface area (Å²) in [5.74, 6) is -4.61. The Morgan fingerprint density at radius 1 is 1.14 bits per heavy atom. The number of aromatic nitrogens is 2. The van der Waals surface area contributed by atoms with E-state index < -0.39 is 43.0 Å². The zero-order valence-corrected chi connectivity index (χ0v) is 10.4. The van der Waals surface area contributed by atoms with Gasteiger partial charge in [-0.3, -0.25) is 35.8 Å². The molecule has 21 heavy (non-hydrogen) atoms. The van der Waals surface area contributed by atoms with Crippen molar-refractivity contribution in [3.8, 4) is 0 Å². The number of halogens is 1. The monoisotopic (exact) mass is 325 g/mol. The first-order valence-electron chi connectivity index (χ1n) is 4.69. The van der Waals surface area contributed by atoms with Gasteiger partial charge in [-0.05, 0) is 9.91 Å². The lowest BCUT2D eigenvalue weighted by atomic mass is 10.4. The van der Waals surface area contributed by atoms with Crippen LogP contribution >= 0.6 is 11.6 Å². The van der Waals surface area contributed by atoms with E-state index in [0.29, 0.717) is 11.0 Å². The van der Waals surface area contributed by atoms with Crippen LogP contribution in [0, 0.1) is 40.5 Å². The minimum Gasteiger partial charge on any atom is -0.358 e. The molecule has 1 heterocycles. The fraction of sp³-hybridized carbons (Fsp3) is 0.400. The maximum atomic E-state index is 10.6. The second-order valence-corrected chi connectivity index (χ2v) is 3.72. The van der Waals surface area contributed by atoms with Crippen molar-refractivity contribution in [3.05, 3.63) is 51.9 Å². The fourth-order valence-corrected chi connectivity index (χ4v) is 1.36. The number of rotatable bonds is 7. The minimum absolute atomic E-state index is 0.519. The van der Waals surface area contributed by atoms with Crippen LogP contribution in [0.3, 0.4) is 0 Å². The highest BCUT2D eigenvalue weighted by Gasteiger charge is 2.70. The Morgan fingerprint density at radius 3 is 1.95 bits per heavy atom. The van der Waals surface area contributed by atoms with Gasteiger partial charge >= 0.3 is 11.6 Å². The van der Waals surface area contributed by atoms with Gasteiger partial charge in [-0.25, -0.2) is 4.68 Å². The summed E-state index contributed by atoms with van der Waals surface area (Å²) < 4.78 is 0.519. The van der Waals surface area contributed by atoms with Crippen LogP contribution < -0.4 is 5.43 Å². The third-order valence-electron chi connectivity index (χ3n) is 2.23. The molecule has 0 aliphatic carbocycles. The first kappa shape index (κ1) is 16.0. The normalized spacial score (nSPS) is 10.9. The number of nitrogens with one attached hydrogen (secondary N) is 1. The molecule has 1 aromatic heterocycles. The van der Waals surface area contributed by atoms with Gasteiger partial charge in [0.15, 0.2) is 14.8 Å². The topological polar surface area (TPSA) is 202 Å². The molecule has 0 unspecified atom stereocenters. The summed E-state index contributed by atoms with van der Waals surface area (Å²) in [4.78, 5) is 39.5. The third-order valence-corrected chi connectivity index (χ3v) is 2.58. The number of nitrogens with zero attached hydrogens (tertiary/aromatic N) is 6. The van der Waals surface area contributed by atoms with E-state index in [4.69, 9.17) is 11.6 Å². The van der Waals surface area contributed by atoms with E-state index in [9.17, 15) is 40.5 Å². The van der Waals surface area contributed by atoms with Crippen LogP contribution in [0.4, 0.5) is 5.82 Å². The second-order valence-electron chi connectivity index (χ2n) is 3.37. The van der Waals surface area contributed by atoms with Crippen LogP contribution in [0.25, 0.3) is 0 Å². The van der Waals surface area contributed by atoms with Crippen LogP contribution in [0.1, 0.15) is 0 Å². The van der Waals surface area contributed by atoms with Gasteiger partial charge in [0.05, 0.1) is 0 Å². The molecule has 0 fully saturated rings. The molecule has 0 aromatic carbocycles. The van der Waals surface area contributed by atoms with Crippen LogP contribution in [0.2, 0.25) is 5.15 Å². The van der Waals surface area contributed by atoms with Crippen molar-refractivity contribution in [2.45, 2.75) is 5.79 Å². The average Bonchev–Trinajstić information content (AvgIpc) is 2.70. The Balaban J connectivity index is 3.09. The first-order valence-corrected chi connectivity index (χ1v) is 5.07. The largest absolute Gasteiger partial charge is 0.718 e. The maximum Gasteiger partial charge on any atom is 0.718 e. The molecular formula is C5H4ClN7O8. The highest BCUT2D eigenvalue weighted by Crippen LogP contribution is 2.21. The molecule has 0 aliphatic rings. The van der Waals surface area contributed by atoms with Gasteiger partial charge in [0.1, 0.15) is 0 Å². The molecule has 0 amide bonds. The Kier molecular flexibility index (Phi) is 4.17. The van der Waals surface area contributed by atoms with Crippen molar-refractivity contribution in [1.29, 1.82) is 0 Å². The van der Waals surface area contributed by atoms with E-state index >= 15 is 0 Å². The molecule has 1 rings (SSSR count). The number of imidazole rings is 1. The summed E-state index contributed by atoms with van der Waals surface area (Å²) >= 11 is 5.47. The van der Waals surface area contributed by atoms with E-state index in [1.165, 1.54) is 0 Å². The summed E-state index contributed by atoms with van der Waals surface area (Å²) in [6.07, 6.45) is 0.686. The van der Waals surface area contributed by atoms with Gasteiger partial charge in [0, 0.05) is 0 Å². The van der Waals surface area contributed by atoms with Crippen LogP contribution in [-0.4, -0.2) is 41.7 Å². The average molecular weight is 326 g/mol. The van der Waals surface area contributed by atoms with Crippen molar-refractivity contribution >= 4 is 17.4 Å². The van der Waals surface area contributed by atoms with Crippen molar-refractivity contribution in [1.82, 2.24) is 9.66 Å². The summed E-state index contributed by atoms with van der Waals surface area (Å²) in [5.41, 5.74) is 1.87. The quantitative estimate of drug-likeness (QED) is 0.385. The number of hydrogen-bond donors (Lipinski definition) is 1. The van der Waals surface area contributed by atoms with Gasteiger partial charge in [-0.15, -0.1) is 0 Å². The van der Waals surface area contributed by atoms with Crippen molar-refractivity contribution in [2.24, 2.45) is 0 Å². The van der Waals surface area contributed by atoms with Crippen LogP contribution in [0.5, 0.6) is 0 Å². The lowest BCUT2D eigenvalue weighted by molar-refractivity contribution is -0.965. The molecule has 114 valence electrons. The molecule has 1 aromatic rings. The standard InChI is InChI=1S/C5H4ClN7O8/c6-3-4(10(14)15)7-2-9(3)8-1-5(11(16)17,12(18)19)13(20)21/h2,8H,1H2. The molecule has 0 radical (unpaired) electrons. The lowest BCUT2D eigenvalue weighted by Crippen LogP contribution is -2.58. The van der Waals surface area contributed by atoms with Crippen LogP contribution in [-0.2, 0) is 0 Å². The molecule has 0 saturated heterocycles. The number of hydrogen-bond acceptors (Lipinski definition) is 10. The van der Waals surface area contributed by atoms with E-state index in [-0.39, 0.29) is 0 Å². The van der Waals surface area contributed by atoms with Gasteiger partial charge in [0.25, 0.3) is 6.54 Å². The van der Waals surface area contributed by atoms with Gasteiger partial charge in [0.2, 0.25) is 11.5 Å². The molecule has 16 heteroatoms. The fourth-order valence-electron chi connectivity index (χ4n) is 1.14. The second kappa shape index (κ2) is 5.49. The van der Waals surface area contributed by atoms with E-state index in [1.54, 1.807) is 0 Å². The molecule has 15 nitrogen and oxygen atoms in total. The lowest BCUT2D eigenvalue weighted by Gasteiger charge is -2.10. The van der Waals surface area contributed by atoms with Gasteiger partial charge in [-0.2, -0.15) is 0 Å². The predicted molar refractivity (Wildman–Crippen MR) is 61.8 cm³/mol. The Morgan fingerprint density at radius 2 is 1.62 bits per heavy atom. The third kappa shape index (κ3) is 2.61. The Hall–Kier alpha value is -3.10. The summed E-state index contributed by atoms with van der Waals surface area (Å²) in [6, 6.07) is 0. The number of nitro groups is 4. The molecule has 0 aliphatic heterocycles. The zero-order chi connectivity index (χ0) is 16.4.